The van der Waals surface area contributed by atoms with E-state index in [1.807, 2.05) is 29.7 Å². The van der Waals surface area contributed by atoms with E-state index >= 15 is 0 Å². The zero-order valence-electron chi connectivity index (χ0n) is 16.4. The average Bonchev–Trinajstić information content (AvgIpc) is 3.47. The average molecular weight is 393 g/mol. The molecule has 3 saturated heterocycles. The summed E-state index contributed by atoms with van der Waals surface area (Å²) in [5.41, 5.74) is 1.94. The van der Waals surface area contributed by atoms with E-state index in [1.54, 1.807) is 0 Å². The van der Waals surface area contributed by atoms with E-state index in [4.69, 9.17) is 29.4 Å². The number of benzene rings is 1. The van der Waals surface area contributed by atoms with Crippen molar-refractivity contribution in [2.75, 3.05) is 49.3 Å². The number of morpholine rings is 2. The standard InChI is InChI=1S/C20H23N7O2/c1-13-21-16-4-2-3-5-17(16)27(13)20-23-18(25-6-8-28-9-7-25)22-19(24-20)26-11-15-10-14(26)12-29-15/h2-5,14-15H,6-12H2,1H3. The molecule has 0 radical (unpaired) electrons. The summed E-state index contributed by atoms with van der Waals surface area (Å²) in [5.74, 6) is 2.91. The van der Waals surface area contributed by atoms with Gasteiger partial charge in [-0.05, 0) is 25.5 Å². The fourth-order valence-corrected chi connectivity index (χ4v) is 4.52. The van der Waals surface area contributed by atoms with Crippen molar-refractivity contribution in [1.82, 2.24) is 24.5 Å². The molecule has 3 aliphatic rings. The zero-order valence-corrected chi connectivity index (χ0v) is 16.4. The normalized spacial score (nSPS) is 24.0. The Morgan fingerprint density at radius 1 is 0.966 bits per heavy atom. The molecular formula is C20H23N7O2. The maximum absolute atomic E-state index is 5.77. The number of anilines is 2. The quantitative estimate of drug-likeness (QED) is 0.659. The van der Waals surface area contributed by atoms with Gasteiger partial charge in [-0.25, -0.2) is 4.98 Å². The van der Waals surface area contributed by atoms with Crippen LogP contribution in [-0.2, 0) is 9.47 Å². The van der Waals surface area contributed by atoms with Crippen LogP contribution in [0, 0.1) is 6.92 Å². The summed E-state index contributed by atoms with van der Waals surface area (Å²) in [6, 6.07) is 8.42. The minimum Gasteiger partial charge on any atom is -0.378 e. The van der Waals surface area contributed by atoms with Gasteiger partial charge in [0, 0.05) is 19.6 Å². The second-order valence-corrected chi connectivity index (χ2v) is 7.82. The number of para-hydroxylation sites is 2. The third-order valence-electron chi connectivity index (χ3n) is 5.98. The molecule has 9 nitrogen and oxygen atoms in total. The number of aromatic nitrogens is 5. The van der Waals surface area contributed by atoms with Gasteiger partial charge in [-0.3, -0.25) is 4.57 Å². The van der Waals surface area contributed by atoms with Gasteiger partial charge in [0.15, 0.2) is 0 Å². The molecule has 0 spiro atoms. The lowest BCUT2D eigenvalue weighted by Crippen LogP contribution is -2.40. The first kappa shape index (κ1) is 17.1. The summed E-state index contributed by atoms with van der Waals surface area (Å²) < 4.78 is 13.3. The Bertz CT molecular complexity index is 1060. The van der Waals surface area contributed by atoms with Crippen LogP contribution in [0.3, 0.4) is 0 Å². The number of nitrogens with zero attached hydrogens (tertiary/aromatic N) is 7. The molecule has 0 N–H and O–H groups in total. The Morgan fingerprint density at radius 2 is 1.76 bits per heavy atom. The number of hydrogen-bond donors (Lipinski definition) is 0. The highest BCUT2D eigenvalue weighted by atomic mass is 16.5. The van der Waals surface area contributed by atoms with Crippen LogP contribution in [0.2, 0.25) is 0 Å². The van der Waals surface area contributed by atoms with Crippen LogP contribution < -0.4 is 9.80 Å². The molecular weight excluding hydrogens is 370 g/mol. The molecule has 0 amide bonds. The highest BCUT2D eigenvalue weighted by Gasteiger charge is 2.40. The second kappa shape index (κ2) is 6.64. The molecule has 5 heterocycles. The molecule has 3 aliphatic heterocycles. The Hall–Kier alpha value is -2.78. The number of ether oxygens (including phenoxy) is 2. The van der Waals surface area contributed by atoms with Crippen LogP contribution in [0.5, 0.6) is 0 Å². The highest BCUT2D eigenvalue weighted by Crippen LogP contribution is 2.32. The van der Waals surface area contributed by atoms with Gasteiger partial charge in [0.2, 0.25) is 17.8 Å². The van der Waals surface area contributed by atoms with Crippen molar-refractivity contribution in [3.8, 4) is 5.95 Å². The maximum atomic E-state index is 5.77. The van der Waals surface area contributed by atoms with Crippen molar-refractivity contribution in [1.29, 1.82) is 0 Å². The van der Waals surface area contributed by atoms with Gasteiger partial charge >= 0.3 is 0 Å². The van der Waals surface area contributed by atoms with Gasteiger partial charge in [-0.1, -0.05) is 12.1 Å². The Morgan fingerprint density at radius 3 is 2.55 bits per heavy atom. The molecule has 2 bridgehead atoms. The van der Waals surface area contributed by atoms with E-state index in [0.29, 0.717) is 31.2 Å². The predicted molar refractivity (Wildman–Crippen MR) is 108 cm³/mol. The lowest BCUT2D eigenvalue weighted by atomic mass is 10.2. The minimum absolute atomic E-state index is 0.280. The van der Waals surface area contributed by atoms with E-state index in [-0.39, 0.29) is 6.10 Å². The van der Waals surface area contributed by atoms with Gasteiger partial charge in [0.25, 0.3) is 0 Å². The fraction of sp³-hybridized carbons (Fsp3) is 0.500. The van der Waals surface area contributed by atoms with E-state index in [1.165, 1.54) is 0 Å². The molecule has 150 valence electrons. The number of rotatable bonds is 3. The second-order valence-electron chi connectivity index (χ2n) is 7.82. The Labute approximate surface area is 168 Å². The van der Waals surface area contributed by atoms with Crippen molar-refractivity contribution in [3.63, 3.8) is 0 Å². The number of fused-ring (bicyclic) bond motifs is 3. The largest absolute Gasteiger partial charge is 0.378 e. The van der Waals surface area contributed by atoms with Crippen LogP contribution in [-0.4, -0.2) is 76.1 Å². The lowest BCUT2D eigenvalue weighted by Gasteiger charge is -2.30. The number of aryl methyl sites for hydroxylation is 1. The Balaban J connectivity index is 1.50. The molecule has 9 heteroatoms. The third-order valence-corrected chi connectivity index (χ3v) is 5.98. The smallest absolute Gasteiger partial charge is 0.242 e. The summed E-state index contributed by atoms with van der Waals surface area (Å²) in [5, 5.41) is 0. The van der Waals surface area contributed by atoms with Gasteiger partial charge in [-0.15, -0.1) is 0 Å². The lowest BCUT2D eigenvalue weighted by molar-refractivity contribution is 0.0986. The van der Waals surface area contributed by atoms with Crippen LogP contribution >= 0.6 is 0 Å². The Kier molecular flexibility index (Phi) is 3.91. The summed E-state index contributed by atoms with van der Waals surface area (Å²) in [7, 11) is 0. The van der Waals surface area contributed by atoms with Crippen molar-refractivity contribution in [2.24, 2.45) is 0 Å². The third kappa shape index (κ3) is 2.84. The molecule has 29 heavy (non-hydrogen) atoms. The molecule has 1 aromatic carbocycles. The molecule has 6 rings (SSSR count). The number of imidazole rings is 1. The van der Waals surface area contributed by atoms with Gasteiger partial charge in [-0.2, -0.15) is 15.0 Å². The maximum Gasteiger partial charge on any atom is 0.242 e. The first-order chi connectivity index (χ1) is 14.3. The number of hydrogen-bond acceptors (Lipinski definition) is 8. The van der Waals surface area contributed by atoms with Gasteiger partial charge in [0.05, 0.1) is 43.0 Å². The summed E-state index contributed by atoms with van der Waals surface area (Å²) in [4.78, 5) is 23.8. The fourth-order valence-electron chi connectivity index (χ4n) is 4.52. The minimum atomic E-state index is 0.280. The summed E-state index contributed by atoms with van der Waals surface area (Å²) in [6.45, 7) is 6.50. The monoisotopic (exact) mass is 393 g/mol. The molecule has 2 atom stereocenters. The first-order valence-corrected chi connectivity index (χ1v) is 10.2. The van der Waals surface area contributed by atoms with E-state index in [0.717, 1.165) is 55.5 Å². The molecule has 3 aromatic rings. The predicted octanol–water partition coefficient (Wildman–Crippen LogP) is 1.33. The van der Waals surface area contributed by atoms with Gasteiger partial charge in [0.1, 0.15) is 5.82 Å². The summed E-state index contributed by atoms with van der Waals surface area (Å²) in [6.07, 6.45) is 1.32. The van der Waals surface area contributed by atoms with E-state index in [2.05, 4.69) is 15.9 Å². The van der Waals surface area contributed by atoms with Crippen LogP contribution in [0.25, 0.3) is 17.0 Å². The molecule has 3 fully saturated rings. The van der Waals surface area contributed by atoms with Gasteiger partial charge < -0.3 is 19.3 Å². The van der Waals surface area contributed by atoms with E-state index in [9.17, 15) is 0 Å². The zero-order chi connectivity index (χ0) is 19.4. The van der Waals surface area contributed by atoms with Crippen molar-refractivity contribution < 1.29 is 9.47 Å². The topological polar surface area (TPSA) is 81.4 Å². The van der Waals surface area contributed by atoms with Crippen LogP contribution in [0.15, 0.2) is 24.3 Å². The van der Waals surface area contributed by atoms with Crippen LogP contribution in [0.4, 0.5) is 11.9 Å². The summed E-state index contributed by atoms with van der Waals surface area (Å²) >= 11 is 0. The van der Waals surface area contributed by atoms with Crippen molar-refractivity contribution in [3.05, 3.63) is 30.1 Å². The van der Waals surface area contributed by atoms with Crippen molar-refractivity contribution in [2.45, 2.75) is 25.5 Å². The van der Waals surface area contributed by atoms with Crippen molar-refractivity contribution >= 4 is 22.9 Å². The first-order valence-electron chi connectivity index (χ1n) is 10.2. The molecule has 0 saturated carbocycles. The molecule has 2 aromatic heterocycles. The highest BCUT2D eigenvalue weighted by molar-refractivity contribution is 5.77. The molecule has 2 unspecified atom stereocenters. The van der Waals surface area contributed by atoms with E-state index < -0.39 is 0 Å². The molecule has 0 aliphatic carbocycles. The van der Waals surface area contributed by atoms with Crippen LogP contribution in [0.1, 0.15) is 12.2 Å². The SMILES string of the molecule is Cc1nc2ccccc2n1-c1nc(N2CCOCC2)nc(N2CC3CC2CO3)n1.